The first kappa shape index (κ1) is 33.8. The van der Waals surface area contributed by atoms with Crippen molar-refractivity contribution < 1.29 is 19.4 Å². The number of nitro groups is 2. The molecule has 0 spiro atoms. The van der Waals surface area contributed by atoms with E-state index in [0.29, 0.717) is 41.1 Å². The van der Waals surface area contributed by atoms with Crippen LogP contribution in [0.3, 0.4) is 0 Å². The first-order valence-corrected chi connectivity index (χ1v) is 15.1. The Bertz CT molecular complexity index is 2550. The van der Waals surface area contributed by atoms with Crippen LogP contribution in [0.5, 0.6) is 0 Å². The van der Waals surface area contributed by atoms with Gasteiger partial charge in [-0.3, -0.25) is 9.59 Å². The average molecular weight is 705 g/mol. The summed E-state index contributed by atoms with van der Waals surface area (Å²) in [4.78, 5) is 66.8. The Morgan fingerprint density at radius 1 is 0.765 bits per heavy atom. The maximum Gasteiger partial charge on any atom is 0.402 e. The molecule has 0 radical (unpaired) electrons. The Hall–Kier alpha value is -7.05. The topological polar surface area (TPSA) is 216 Å². The van der Waals surface area contributed by atoms with Crippen LogP contribution in [-0.4, -0.2) is 60.9 Å². The minimum absolute atomic E-state index is 0.0369. The molecule has 0 aliphatic heterocycles. The molecule has 8 rings (SSSR count). The number of Topliss-reactive ketones (excluding diaryl/α,β-unsaturated/α-hetero) is 2. The molecule has 2 aliphatic carbocycles. The van der Waals surface area contributed by atoms with Crippen molar-refractivity contribution in [2.24, 2.45) is 14.1 Å². The van der Waals surface area contributed by atoms with Gasteiger partial charge in [0.25, 0.3) is 0 Å². The van der Waals surface area contributed by atoms with E-state index in [4.69, 9.17) is 24.7 Å². The fourth-order valence-electron chi connectivity index (χ4n) is 5.95. The van der Waals surface area contributed by atoms with Crippen molar-refractivity contribution in [1.29, 1.82) is 0 Å². The summed E-state index contributed by atoms with van der Waals surface area (Å²) in [5.74, 6) is -1.32. The van der Waals surface area contributed by atoms with Crippen LogP contribution >= 0.6 is 11.6 Å². The number of carbonyl (C=O) groups is 2. The third-order valence-electron chi connectivity index (χ3n) is 8.16. The summed E-state index contributed by atoms with van der Waals surface area (Å²) in [6, 6.07) is 10.5. The van der Waals surface area contributed by atoms with Gasteiger partial charge in [-0.1, -0.05) is 48.0 Å². The smallest absolute Gasteiger partial charge is 0.358 e. The molecular weight excluding hydrogens is 684 g/mol. The van der Waals surface area contributed by atoms with Gasteiger partial charge >= 0.3 is 11.6 Å². The highest BCUT2D eigenvalue weighted by Crippen LogP contribution is 2.41. The predicted octanol–water partition coefficient (Wildman–Crippen LogP) is 4.91. The number of halogens is 1. The number of ketones is 2. The minimum atomic E-state index is -0.759. The number of rotatable bonds is 3. The predicted molar refractivity (Wildman–Crippen MR) is 179 cm³/mol. The second-order valence-corrected chi connectivity index (χ2v) is 11.6. The number of aryl methyl sites for hydroxylation is 2. The molecule has 51 heavy (non-hydrogen) atoms. The largest absolute Gasteiger partial charge is 0.402 e. The molecule has 2 aromatic carbocycles. The van der Waals surface area contributed by atoms with Crippen molar-refractivity contribution in [3.05, 3.63) is 125 Å². The van der Waals surface area contributed by atoms with E-state index in [1.54, 1.807) is 38.4 Å². The quantitative estimate of drug-likeness (QED) is 0.104. The summed E-state index contributed by atoms with van der Waals surface area (Å²) < 4.78 is 2.59. The summed E-state index contributed by atoms with van der Waals surface area (Å²) in [6.07, 6.45) is 3.77. The second kappa shape index (κ2) is 13.5. The Kier molecular flexibility index (Phi) is 8.93. The zero-order valence-corrected chi connectivity index (χ0v) is 27.3. The van der Waals surface area contributed by atoms with Crippen LogP contribution in [0.4, 0.5) is 23.0 Å². The molecule has 252 valence electrons. The van der Waals surface area contributed by atoms with E-state index in [-0.39, 0.29) is 51.2 Å². The summed E-state index contributed by atoms with van der Waals surface area (Å²) in [7, 11) is 3.10. The third-order valence-corrected chi connectivity index (χ3v) is 8.44. The Morgan fingerprint density at radius 2 is 1.31 bits per heavy atom. The highest BCUT2D eigenvalue weighted by molar-refractivity contribution is 6.34. The van der Waals surface area contributed by atoms with Crippen LogP contribution in [0.15, 0.2) is 49.1 Å². The molecule has 19 heteroatoms. The van der Waals surface area contributed by atoms with Crippen molar-refractivity contribution >= 4 is 68.2 Å². The van der Waals surface area contributed by atoms with Crippen molar-refractivity contribution in [3.8, 4) is 0 Å². The van der Waals surface area contributed by atoms with Gasteiger partial charge in [0.2, 0.25) is 0 Å². The van der Waals surface area contributed by atoms with Gasteiger partial charge in [0, 0.05) is 19.3 Å². The zero-order valence-electron chi connectivity index (χ0n) is 26.5. The van der Waals surface area contributed by atoms with Gasteiger partial charge in [-0.15, -0.1) is 0 Å². The molecule has 0 bridgehead atoms. The zero-order chi connectivity index (χ0) is 36.6. The second-order valence-electron chi connectivity index (χ2n) is 11.3. The lowest BCUT2D eigenvalue weighted by molar-refractivity contribution is -0.388. The number of hydrogen-bond donors (Lipinski definition) is 0. The Morgan fingerprint density at radius 3 is 1.94 bits per heavy atom. The molecule has 1 unspecified atom stereocenters. The average Bonchev–Trinajstić information content (AvgIpc) is 3.85. The van der Waals surface area contributed by atoms with E-state index in [9.17, 15) is 29.8 Å². The third kappa shape index (κ3) is 6.30. The molecule has 0 saturated carbocycles. The number of aromatic nitrogens is 8. The maximum atomic E-state index is 12.6. The van der Waals surface area contributed by atoms with Gasteiger partial charge in [0.05, 0.1) is 49.0 Å². The van der Waals surface area contributed by atoms with E-state index in [1.807, 2.05) is 12.1 Å². The van der Waals surface area contributed by atoms with Gasteiger partial charge in [-0.05, 0) is 32.1 Å². The highest BCUT2D eigenvalue weighted by atomic mass is 35.5. The van der Waals surface area contributed by atoms with Crippen LogP contribution < -0.4 is 0 Å². The first-order valence-electron chi connectivity index (χ1n) is 14.7. The van der Waals surface area contributed by atoms with Crippen LogP contribution in [0.25, 0.3) is 31.8 Å². The molecule has 0 fully saturated rings. The summed E-state index contributed by atoms with van der Waals surface area (Å²) in [5, 5.41) is 29.9. The molecule has 4 aromatic heterocycles. The minimum Gasteiger partial charge on any atom is -0.358 e. The molecule has 1 atom stereocenters. The molecule has 2 aliphatic rings. The maximum absolute atomic E-state index is 12.6. The van der Waals surface area contributed by atoms with Gasteiger partial charge in [-0.2, -0.15) is 9.36 Å². The molecule has 0 saturated heterocycles. The van der Waals surface area contributed by atoms with Crippen LogP contribution in [0, 0.1) is 33.4 Å². The van der Waals surface area contributed by atoms with E-state index in [1.165, 1.54) is 22.0 Å². The van der Waals surface area contributed by atoms with Crippen LogP contribution in [-0.2, 0) is 42.9 Å². The van der Waals surface area contributed by atoms with Gasteiger partial charge in [-0.25, -0.2) is 29.6 Å². The standard InChI is InChI=1S/C16H10N6O3.C10H7NO.C6H4ClN5O2/c1-17-9-4-3-8-5-11(23)12(10(8)6-9)14-13-15(19-7-18-14)21(2)20-16(13)22(24)25;1-11-9-3-2-7-5-10(12)6-8(7)4-9;1-11-5-3(4(7)8-2-9-5)6(10-11)12(13)14/h3-4,6-7,12H,5H2,2H3;2-4H,5-6H2;2H,1H3. The van der Waals surface area contributed by atoms with Gasteiger partial charge in [0.1, 0.15) is 23.8 Å². The summed E-state index contributed by atoms with van der Waals surface area (Å²) >= 11 is 5.71. The molecule has 0 amide bonds. The lowest BCUT2D eigenvalue weighted by Gasteiger charge is -2.10. The van der Waals surface area contributed by atoms with E-state index >= 15 is 0 Å². The van der Waals surface area contributed by atoms with Crippen molar-refractivity contribution in [1.82, 2.24) is 39.5 Å². The highest BCUT2D eigenvalue weighted by Gasteiger charge is 2.37. The normalized spacial score (nSPS) is 14.1. The van der Waals surface area contributed by atoms with E-state index in [0.717, 1.165) is 16.7 Å². The molecule has 4 heterocycles. The number of fused-ring (bicyclic) bond motifs is 4. The lowest BCUT2D eigenvalue weighted by atomic mass is 9.94. The van der Waals surface area contributed by atoms with Crippen molar-refractivity contribution in [2.75, 3.05) is 0 Å². The van der Waals surface area contributed by atoms with Crippen molar-refractivity contribution in [3.63, 3.8) is 0 Å². The van der Waals surface area contributed by atoms with Crippen molar-refractivity contribution in [2.45, 2.75) is 25.2 Å². The molecule has 18 nitrogen and oxygen atoms in total. The van der Waals surface area contributed by atoms with Crippen LogP contribution in [0.1, 0.15) is 33.9 Å². The number of hydrogen-bond acceptors (Lipinski definition) is 12. The van der Waals surface area contributed by atoms with Gasteiger partial charge in [0.15, 0.2) is 39.0 Å². The number of benzene rings is 2. The first-order chi connectivity index (χ1) is 24.4. The summed E-state index contributed by atoms with van der Waals surface area (Å²) in [6.45, 7) is 14.0. The molecular formula is C32H21ClN12O6. The number of nitrogens with zero attached hydrogens (tertiary/aromatic N) is 12. The Balaban J connectivity index is 0.000000145. The van der Waals surface area contributed by atoms with Crippen LogP contribution in [0.2, 0.25) is 5.15 Å². The van der Waals surface area contributed by atoms with E-state index < -0.39 is 15.8 Å². The molecule has 6 aromatic rings. The fraction of sp³-hybridized carbons (Fsp3) is 0.188. The summed E-state index contributed by atoms with van der Waals surface area (Å²) in [5.41, 5.74) is 5.53. The Labute approximate surface area is 291 Å². The monoisotopic (exact) mass is 704 g/mol. The lowest BCUT2D eigenvalue weighted by Crippen LogP contribution is -2.11. The fourth-order valence-corrected chi connectivity index (χ4v) is 6.16. The van der Waals surface area contributed by atoms with E-state index in [2.05, 4.69) is 39.8 Å². The van der Waals surface area contributed by atoms with Gasteiger partial charge < -0.3 is 20.2 Å². The SMILES string of the molecule is Cn1nc([N+](=O)[O-])c2c(Cl)ncnc21.[C-]#[N+]c1ccc2c(c1)C(c1ncnc3c1c([N+](=O)[O-])nn3C)C(=O)C2.[C-]#[N+]c1ccc2c(c1)CC(=O)C2. The number of carbonyl (C=O) groups excluding carboxylic acids is 2. The molecule has 0 N–H and O–H groups in total.